The summed E-state index contributed by atoms with van der Waals surface area (Å²) in [6, 6.07) is 7.20. The van der Waals surface area contributed by atoms with Gasteiger partial charge in [0.05, 0.1) is 6.61 Å². The highest BCUT2D eigenvalue weighted by atomic mass is 16.5. The maximum absolute atomic E-state index is 12.4. The molecule has 1 amide bonds. The standard InChI is InChI=1S/C20H29NO3/c1-4-11-24-18-7-5-17(6-8-18)19(22)9-10-20(23)21-13-15(2)12-16(3)14-21/h5-8,15-16H,4,9-14H2,1-3H3. The number of benzene rings is 1. The Morgan fingerprint density at radius 1 is 1.08 bits per heavy atom. The number of likely N-dealkylation sites (tertiary alicyclic amines) is 1. The fourth-order valence-corrected chi connectivity index (χ4v) is 3.35. The van der Waals surface area contributed by atoms with Gasteiger partial charge in [0.25, 0.3) is 0 Å². The average Bonchev–Trinajstić information content (AvgIpc) is 2.57. The van der Waals surface area contributed by atoms with Gasteiger partial charge in [0.15, 0.2) is 5.78 Å². The Bertz CT molecular complexity index is 543. The van der Waals surface area contributed by atoms with Crippen LogP contribution >= 0.6 is 0 Å². The predicted octanol–water partition coefficient (Wildman–Crippen LogP) is 3.94. The van der Waals surface area contributed by atoms with Gasteiger partial charge in [-0.25, -0.2) is 0 Å². The first kappa shape index (κ1) is 18.5. The van der Waals surface area contributed by atoms with E-state index in [4.69, 9.17) is 4.74 Å². The van der Waals surface area contributed by atoms with E-state index in [0.717, 1.165) is 25.3 Å². The molecule has 0 radical (unpaired) electrons. The lowest BCUT2D eigenvalue weighted by molar-refractivity contribution is -0.133. The number of hydrogen-bond donors (Lipinski definition) is 0. The molecule has 2 unspecified atom stereocenters. The Kier molecular flexibility index (Phi) is 6.83. The third-order valence-corrected chi connectivity index (χ3v) is 4.44. The number of nitrogens with zero attached hydrogens (tertiary/aromatic N) is 1. The summed E-state index contributed by atoms with van der Waals surface area (Å²) < 4.78 is 5.52. The van der Waals surface area contributed by atoms with Crippen molar-refractivity contribution >= 4 is 11.7 Å². The van der Waals surface area contributed by atoms with Crippen LogP contribution in [0.15, 0.2) is 24.3 Å². The summed E-state index contributed by atoms with van der Waals surface area (Å²) in [5.74, 6) is 1.99. The number of hydrogen-bond acceptors (Lipinski definition) is 3. The van der Waals surface area contributed by atoms with Crippen molar-refractivity contribution in [3.63, 3.8) is 0 Å². The topological polar surface area (TPSA) is 46.6 Å². The Hall–Kier alpha value is -1.84. The third kappa shape index (κ3) is 5.36. The molecule has 132 valence electrons. The van der Waals surface area contributed by atoms with Crippen LogP contribution in [-0.2, 0) is 4.79 Å². The lowest BCUT2D eigenvalue weighted by atomic mass is 9.91. The predicted molar refractivity (Wildman–Crippen MR) is 95.3 cm³/mol. The molecular weight excluding hydrogens is 302 g/mol. The van der Waals surface area contributed by atoms with E-state index in [1.807, 2.05) is 17.0 Å². The lowest BCUT2D eigenvalue weighted by Gasteiger charge is -2.35. The molecule has 0 spiro atoms. The first-order chi connectivity index (χ1) is 11.5. The largest absolute Gasteiger partial charge is 0.494 e. The number of ether oxygens (including phenoxy) is 1. The summed E-state index contributed by atoms with van der Waals surface area (Å²) in [6.45, 7) is 8.74. The molecule has 0 N–H and O–H groups in total. The maximum atomic E-state index is 12.4. The smallest absolute Gasteiger partial charge is 0.223 e. The van der Waals surface area contributed by atoms with Crippen LogP contribution in [0.25, 0.3) is 0 Å². The zero-order valence-corrected chi connectivity index (χ0v) is 15.1. The van der Waals surface area contributed by atoms with Crippen molar-refractivity contribution in [1.82, 2.24) is 4.90 Å². The fourth-order valence-electron chi connectivity index (χ4n) is 3.35. The fraction of sp³-hybridized carbons (Fsp3) is 0.600. The van der Waals surface area contributed by atoms with E-state index in [1.165, 1.54) is 6.42 Å². The minimum Gasteiger partial charge on any atom is -0.494 e. The maximum Gasteiger partial charge on any atom is 0.223 e. The van der Waals surface area contributed by atoms with Crippen LogP contribution in [0.4, 0.5) is 0 Å². The van der Waals surface area contributed by atoms with E-state index in [0.29, 0.717) is 30.4 Å². The summed E-state index contributed by atoms with van der Waals surface area (Å²) in [5.41, 5.74) is 0.645. The van der Waals surface area contributed by atoms with Crippen molar-refractivity contribution in [1.29, 1.82) is 0 Å². The minimum absolute atomic E-state index is 0.0171. The van der Waals surface area contributed by atoms with Gasteiger partial charge >= 0.3 is 0 Å². The highest BCUT2D eigenvalue weighted by molar-refractivity contribution is 5.98. The van der Waals surface area contributed by atoms with Crippen molar-refractivity contribution in [2.24, 2.45) is 11.8 Å². The second-order valence-electron chi connectivity index (χ2n) is 7.04. The number of Topliss-reactive ketones (excluding diaryl/α,β-unsaturated/α-hetero) is 1. The molecule has 0 aromatic heterocycles. The Morgan fingerprint density at radius 3 is 2.29 bits per heavy atom. The first-order valence-corrected chi connectivity index (χ1v) is 9.03. The second kappa shape index (κ2) is 8.86. The van der Waals surface area contributed by atoms with Crippen molar-refractivity contribution in [2.45, 2.75) is 46.5 Å². The number of amides is 1. The molecule has 1 heterocycles. The Balaban J connectivity index is 1.82. The average molecular weight is 331 g/mol. The van der Waals surface area contributed by atoms with Gasteiger partial charge in [-0.1, -0.05) is 20.8 Å². The molecule has 0 saturated carbocycles. The molecule has 1 saturated heterocycles. The Labute approximate surface area is 145 Å². The van der Waals surface area contributed by atoms with Crippen LogP contribution in [0.1, 0.15) is 56.8 Å². The summed E-state index contributed by atoms with van der Waals surface area (Å²) in [4.78, 5) is 26.5. The van der Waals surface area contributed by atoms with Gasteiger partial charge in [-0.05, 0) is 48.9 Å². The molecule has 4 nitrogen and oxygen atoms in total. The van der Waals surface area contributed by atoms with Crippen molar-refractivity contribution in [3.05, 3.63) is 29.8 Å². The molecule has 2 atom stereocenters. The number of ketones is 1. The minimum atomic E-state index is 0.0171. The number of carbonyl (C=O) groups is 2. The van der Waals surface area contributed by atoms with Gasteiger partial charge in [0, 0.05) is 31.5 Å². The monoisotopic (exact) mass is 331 g/mol. The van der Waals surface area contributed by atoms with Gasteiger partial charge in [0.2, 0.25) is 5.91 Å². The summed E-state index contributed by atoms with van der Waals surface area (Å²) >= 11 is 0. The van der Waals surface area contributed by atoms with E-state index in [1.54, 1.807) is 12.1 Å². The molecule has 1 aliphatic heterocycles. The number of rotatable bonds is 7. The zero-order chi connectivity index (χ0) is 17.5. The van der Waals surface area contributed by atoms with E-state index in [2.05, 4.69) is 20.8 Å². The normalized spacial score (nSPS) is 20.7. The second-order valence-corrected chi connectivity index (χ2v) is 7.04. The van der Waals surface area contributed by atoms with Crippen LogP contribution < -0.4 is 4.74 Å². The quantitative estimate of drug-likeness (QED) is 0.711. The Morgan fingerprint density at radius 2 is 1.71 bits per heavy atom. The molecule has 0 bridgehead atoms. The van der Waals surface area contributed by atoms with E-state index in [-0.39, 0.29) is 18.1 Å². The summed E-state index contributed by atoms with van der Waals surface area (Å²) in [7, 11) is 0. The van der Waals surface area contributed by atoms with E-state index < -0.39 is 0 Å². The van der Waals surface area contributed by atoms with Gasteiger partial charge < -0.3 is 9.64 Å². The molecule has 1 aliphatic rings. The summed E-state index contributed by atoms with van der Waals surface area (Å²) in [6.07, 6.45) is 2.70. The van der Waals surface area contributed by atoms with Crippen LogP contribution in [0.2, 0.25) is 0 Å². The molecular formula is C20H29NO3. The van der Waals surface area contributed by atoms with Crippen LogP contribution in [0, 0.1) is 11.8 Å². The van der Waals surface area contributed by atoms with Crippen LogP contribution in [-0.4, -0.2) is 36.3 Å². The lowest BCUT2D eigenvalue weighted by Crippen LogP contribution is -2.42. The highest BCUT2D eigenvalue weighted by Gasteiger charge is 2.25. The van der Waals surface area contributed by atoms with Gasteiger partial charge in [-0.15, -0.1) is 0 Å². The van der Waals surface area contributed by atoms with Gasteiger partial charge in [-0.3, -0.25) is 9.59 Å². The third-order valence-electron chi connectivity index (χ3n) is 4.44. The molecule has 1 aromatic rings. The highest BCUT2D eigenvalue weighted by Crippen LogP contribution is 2.22. The zero-order valence-electron chi connectivity index (χ0n) is 15.1. The number of piperidine rings is 1. The van der Waals surface area contributed by atoms with Gasteiger partial charge in [-0.2, -0.15) is 0 Å². The molecule has 24 heavy (non-hydrogen) atoms. The molecule has 2 rings (SSSR count). The molecule has 0 aliphatic carbocycles. The molecule has 4 heteroatoms. The van der Waals surface area contributed by atoms with E-state index >= 15 is 0 Å². The SMILES string of the molecule is CCCOc1ccc(C(=O)CCC(=O)N2CC(C)CC(C)C2)cc1. The molecule has 1 fully saturated rings. The van der Waals surface area contributed by atoms with Crippen molar-refractivity contribution < 1.29 is 14.3 Å². The van der Waals surface area contributed by atoms with Crippen LogP contribution in [0.5, 0.6) is 5.75 Å². The van der Waals surface area contributed by atoms with Gasteiger partial charge in [0.1, 0.15) is 5.75 Å². The van der Waals surface area contributed by atoms with Crippen molar-refractivity contribution in [3.8, 4) is 5.75 Å². The summed E-state index contributed by atoms with van der Waals surface area (Å²) in [5, 5.41) is 0. The van der Waals surface area contributed by atoms with Crippen LogP contribution in [0.3, 0.4) is 0 Å². The van der Waals surface area contributed by atoms with E-state index in [9.17, 15) is 9.59 Å². The molecule has 1 aromatic carbocycles. The van der Waals surface area contributed by atoms with Crippen molar-refractivity contribution in [2.75, 3.05) is 19.7 Å². The number of carbonyl (C=O) groups excluding carboxylic acids is 2. The first-order valence-electron chi connectivity index (χ1n) is 9.03.